The molecule has 1 aromatic carbocycles. The third-order valence-electron chi connectivity index (χ3n) is 3.52. The topological polar surface area (TPSA) is 12.0 Å². The van der Waals surface area contributed by atoms with Crippen molar-refractivity contribution in [2.75, 3.05) is 5.88 Å². The standard InChI is InChI=1S/C14H22ClN/c1-4-14(5-2,11-15)16-10-13-9-7-6-8-12(13)3/h6-9,16H,4-5,10-11H2,1-3H3. The van der Waals surface area contributed by atoms with Crippen LogP contribution in [0.1, 0.15) is 37.8 Å². The minimum Gasteiger partial charge on any atom is -0.306 e. The van der Waals surface area contributed by atoms with Crippen molar-refractivity contribution < 1.29 is 0 Å². The highest BCUT2D eigenvalue weighted by Crippen LogP contribution is 2.18. The molecule has 0 aliphatic rings. The van der Waals surface area contributed by atoms with Crippen molar-refractivity contribution in [1.29, 1.82) is 0 Å². The van der Waals surface area contributed by atoms with E-state index in [-0.39, 0.29) is 5.54 Å². The van der Waals surface area contributed by atoms with Gasteiger partial charge in [0.05, 0.1) is 0 Å². The van der Waals surface area contributed by atoms with E-state index in [1.54, 1.807) is 0 Å². The molecule has 90 valence electrons. The first-order valence-corrected chi connectivity index (χ1v) is 6.56. The van der Waals surface area contributed by atoms with E-state index in [4.69, 9.17) is 11.6 Å². The molecule has 1 aromatic rings. The van der Waals surface area contributed by atoms with Gasteiger partial charge in [-0.1, -0.05) is 38.1 Å². The highest BCUT2D eigenvalue weighted by atomic mass is 35.5. The van der Waals surface area contributed by atoms with E-state index in [0.717, 1.165) is 19.4 Å². The van der Waals surface area contributed by atoms with Crippen LogP contribution in [-0.4, -0.2) is 11.4 Å². The molecule has 0 unspecified atom stereocenters. The van der Waals surface area contributed by atoms with E-state index in [0.29, 0.717) is 5.88 Å². The van der Waals surface area contributed by atoms with E-state index >= 15 is 0 Å². The van der Waals surface area contributed by atoms with E-state index in [9.17, 15) is 0 Å². The number of rotatable bonds is 6. The summed E-state index contributed by atoms with van der Waals surface area (Å²) in [6.07, 6.45) is 2.14. The number of nitrogens with one attached hydrogen (secondary N) is 1. The maximum atomic E-state index is 6.07. The van der Waals surface area contributed by atoms with Crippen LogP contribution in [0.4, 0.5) is 0 Å². The number of halogens is 1. The van der Waals surface area contributed by atoms with Gasteiger partial charge in [0.25, 0.3) is 0 Å². The van der Waals surface area contributed by atoms with Crippen molar-refractivity contribution in [2.45, 2.75) is 45.7 Å². The van der Waals surface area contributed by atoms with Crippen molar-refractivity contribution in [1.82, 2.24) is 5.32 Å². The fraction of sp³-hybridized carbons (Fsp3) is 0.571. The highest BCUT2D eigenvalue weighted by Gasteiger charge is 2.23. The first-order chi connectivity index (χ1) is 7.67. The Hall–Kier alpha value is -0.530. The number of hydrogen-bond donors (Lipinski definition) is 1. The van der Waals surface area contributed by atoms with Crippen LogP contribution in [0, 0.1) is 6.92 Å². The molecule has 0 amide bonds. The molecule has 0 fully saturated rings. The molecule has 0 atom stereocenters. The smallest absolute Gasteiger partial charge is 0.0405 e. The van der Waals surface area contributed by atoms with Gasteiger partial charge in [-0.15, -0.1) is 11.6 Å². The number of aryl methyl sites for hydroxylation is 1. The minimum absolute atomic E-state index is 0.0871. The Balaban J connectivity index is 2.66. The van der Waals surface area contributed by atoms with Crippen LogP contribution in [0.3, 0.4) is 0 Å². The normalized spacial score (nSPS) is 11.8. The molecule has 2 heteroatoms. The Morgan fingerprint density at radius 1 is 1.19 bits per heavy atom. The van der Waals surface area contributed by atoms with Gasteiger partial charge in [0, 0.05) is 18.0 Å². The summed E-state index contributed by atoms with van der Waals surface area (Å²) in [5, 5.41) is 3.61. The molecule has 0 radical (unpaired) electrons. The van der Waals surface area contributed by atoms with Gasteiger partial charge in [-0.3, -0.25) is 0 Å². The van der Waals surface area contributed by atoms with Crippen molar-refractivity contribution in [3.8, 4) is 0 Å². The van der Waals surface area contributed by atoms with Crippen molar-refractivity contribution >= 4 is 11.6 Å². The quantitative estimate of drug-likeness (QED) is 0.743. The minimum atomic E-state index is 0.0871. The summed E-state index contributed by atoms with van der Waals surface area (Å²) in [6, 6.07) is 8.49. The SMILES string of the molecule is CCC(CC)(CCl)NCc1ccccc1C. The van der Waals surface area contributed by atoms with Crippen LogP contribution in [0.2, 0.25) is 0 Å². The lowest BCUT2D eigenvalue weighted by Gasteiger charge is -2.31. The maximum Gasteiger partial charge on any atom is 0.0405 e. The second kappa shape index (κ2) is 6.27. The average molecular weight is 240 g/mol. The van der Waals surface area contributed by atoms with Crippen LogP contribution in [0.15, 0.2) is 24.3 Å². The summed E-state index contributed by atoms with van der Waals surface area (Å²) < 4.78 is 0. The second-order valence-corrected chi connectivity index (χ2v) is 4.67. The lowest BCUT2D eigenvalue weighted by molar-refractivity contribution is 0.334. The van der Waals surface area contributed by atoms with Crippen molar-refractivity contribution in [2.24, 2.45) is 0 Å². The summed E-state index contributed by atoms with van der Waals surface area (Å²) in [4.78, 5) is 0. The van der Waals surface area contributed by atoms with Crippen LogP contribution in [0.25, 0.3) is 0 Å². The predicted molar refractivity (Wildman–Crippen MR) is 72.1 cm³/mol. The first kappa shape index (κ1) is 13.5. The molecule has 1 nitrogen and oxygen atoms in total. The number of benzene rings is 1. The number of hydrogen-bond acceptors (Lipinski definition) is 1. The molecule has 0 saturated carbocycles. The Bertz CT molecular complexity index is 310. The molecule has 1 N–H and O–H groups in total. The molecule has 0 aromatic heterocycles. The summed E-state index contributed by atoms with van der Waals surface area (Å²) in [5.41, 5.74) is 2.79. The fourth-order valence-corrected chi connectivity index (χ4v) is 2.30. The van der Waals surface area contributed by atoms with E-state index in [2.05, 4.69) is 50.4 Å². The lowest BCUT2D eigenvalue weighted by atomic mass is 9.94. The average Bonchev–Trinajstić information content (AvgIpc) is 2.34. The highest BCUT2D eigenvalue weighted by molar-refractivity contribution is 6.18. The Kier molecular flexibility index (Phi) is 5.30. The number of alkyl halides is 1. The first-order valence-electron chi connectivity index (χ1n) is 6.03. The zero-order valence-corrected chi connectivity index (χ0v) is 11.3. The molecule has 0 heterocycles. The van der Waals surface area contributed by atoms with Crippen LogP contribution < -0.4 is 5.32 Å². The Labute approximate surface area is 104 Å². The zero-order chi connectivity index (χ0) is 12.0. The van der Waals surface area contributed by atoms with Gasteiger partial charge >= 0.3 is 0 Å². The maximum absolute atomic E-state index is 6.07. The Morgan fingerprint density at radius 2 is 1.81 bits per heavy atom. The van der Waals surface area contributed by atoms with Crippen LogP contribution in [0.5, 0.6) is 0 Å². The van der Waals surface area contributed by atoms with Crippen molar-refractivity contribution in [3.63, 3.8) is 0 Å². The monoisotopic (exact) mass is 239 g/mol. The summed E-state index contributed by atoms with van der Waals surface area (Å²) in [6.45, 7) is 7.44. The molecule has 0 aliphatic heterocycles. The summed E-state index contributed by atoms with van der Waals surface area (Å²) >= 11 is 6.07. The molecule has 0 aliphatic carbocycles. The zero-order valence-electron chi connectivity index (χ0n) is 10.5. The van der Waals surface area contributed by atoms with Gasteiger partial charge in [-0.25, -0.2) is 0 Å². The molecule has 0 spiro atoms. The third-order valence-corrected chi connectivity index (χ3v) is 4.04. The largest absolute Gasteiger partial charge is 0.306 e. The molecule has 1 rings (SSSR count). The van der Waals surface area contributed by atoms with Gasteiger partial charge in [-0.05, 0) is 30.9 Å². The third kappa shape index (κ3) is 3.23. The van der Waals surface area contributed by atoms with E-state index in [1.807, 2.05) is 0 Å². The molecule has 0 bridgehead atoms. The second-order valence-electron chi connectivity index (χ2n) is 4.40. The molecular formula is C14H22ClN. The summed E-state index contributed by atoms with van der Waals surface area (Å²) in [5.74, 6) is 0.673. The molecule has 0 saturated heterocycles. The fourth-order valence-electron chi connectivity index (χ4n) is 1.83. The van der Waals surface area contributed by atoms with Crippen LogP contribution >= 0.6 is 11.6 Å². The Morgan fingerprint density at radius 3 is 2.31 bits per heavy atom. The van der Waals surface area contributed by atoms with Gasteiger partial charge in [-0.2, -0.15) is 0 Å². The van der Waals surface area contributed by atoms with Gasteiger partial charge in [0.2, 0.25) is 0 Å². The van der Waals surface area contributed by atoms with Gasteiger partial charge < -0.3 is 5.32 Å². The lowest BCUT2D eigenvalue weighted by Crippen LogP contribution is -2.45. The van der Waals surface area contributed by atoms with Gasteiger partial charge in [0.1, 0.15) is 0 Å². The van der Waals surface area contributed by atoms with Gasteiger partial charge in [0.15, 0.2) is 0 Å². The molecular weight excluding hydrogens is 218 g/mol. The van der Waals surface area contributed by atoms with E-state index in [1.165, 1.54) is 11.1 Å². The predicted octanol–water partition coefficient (Wildman–Crippen LogP) is 3.88. The summed E-state index contributed by atoms with van der Waals surface area (Å²) in [7, 11) is 0. The van der Waals surface area contributed by atoms with E-state index < -0.39 is 0 Å². The molecule has 16 heavy (non-hydrogen) atoms. The van der Waals surface area contributed by atoms with Crippen molar-refractivity contribution in [3.05, 3.63) is 35.4 Å². The van der Waals surface area contributed by atoms with Crippen LogP contribution in [-0.2, 0) is 6.54 Å².